The molecular formula is C18H18N2O3S. The van der Waals surface area contributed by atoms with Gasteiger partial charge in [0, 0.05) is 5.56 Å². The lowest BCUT2D eigenvalue weighted by molar-refractivity contribution is 0.601. The minimum absolute atomic E-state index is 0.183. The Labute approximate surface area is 140 Å². The van der Waals surface area contributed by atoms with Gasteiger partial charge < -0.3 is 4.98 Å². The molecule has 0 radical (unpaired) electrons. The van der Waals surface area contributed by atoms with Crippen LogP contribution in [0, 0.1) is 6.92 Å². The number of H-pyrrole nitrogens is 1. The Hall–Kier alpha value is -2.60. The van der Waals surface area contributed by atoms with E-state index in [9.17, 15) is 13.2 Å². The lowest BCUT2D eigenvalue weighted by Crippen LogP contribution is -2.13. The fourth-order valence-electron chi connectivity index (χ4n) is 2.49. The second kappa shape index (κ2) is 6.13. The normalized spacial score (nSPS) is 11.6. The molecule has 0 saturated heterocycles. The summed E-state index contributed by atoms with van der Waals surface area (Å²) in [5.74, 6) is 0. The highest BCUT2D eigenvalue weighted by atomic mass is 32.2. The number of aromatic amines is 1. The third-order valence-corrected chi connectivity index (χ3v) is 5.32. The van der Waals surface area contributed by atoms with Gasteiger partial charge in [-0.15, -0.1) is 0 Å². The van der Waals surface area contributed by atoms with Crippen molar-refractivity contribution in [3.63, 3.8) is 0 Å². The van der Waals surface area contributed by atoms with Crippen LogP contribution in [0.1, 0.15) is 18.1 Å². The van der Waals surface area contributed by atoms with Crippen LogP contribution in [0.15, 0.2) is 58.2 Å². The maximum absolute atomic E-state index is 12.5. The molecule has 0 fully saturated rings. The van der Waals surface area contributed by atoms with Crippen LogP contribution in [-0.2, 0) is 16.4 Å². The van der Waals surface area contributed by atoms with E-state index in [1.165, 1.54) is 0 Å². The summed E-state index contributed by atoms with van der Waals surface area (Å²) in [7, 11) is -3.67. The van der Waals surface area contributed by atoms with Crippen molar-refractivity contribution in [2.75, 3.05) is 4.72 Å². The topological polar surface area (TPSA) is 79.0 Å². The van der Waals surface area contributed by atoms with Gasteiger partial charge in [0.1, 0.15) is 0 Å². The van der Waals surface area contributed by atoms with Gasteiger partial charge in [-0.1, -0.05) is 25.1 Å². The molecule has 2 aromatic carbocycles. The molecule has 24 heavy (non-hydrogen) atoms. The smallest absolute Gasteiger partial charge is 0.261 e. The van der Waals surface area contributed by atoms with Crippen molar-refractivity contribution in [1.82, 2.24) is 4.98 Å². The standard InChI is InChI=1S/C18H18N2O3S/c1-3-13-4-8-16(9-5-13)24(22,23)20-15-7-6-14-10-12(2)18(21)19-17(14)11-15/h4-11,20H,3H2,1-2H3,(H,19,21). The van der Waals surface area contributed by atoms with E-state index in [0.717, 1.165) is 17.4 Å². The fraction of sp³-hybridized carbons (Fsp3) is 0.167. The van der Waals surface area contributed by atoms with Crippen LogP contribution in [-0.4, -0.2) is 13.4 Å². The third-order valence-electron chi connectivity index (χ3n) is 3.93. The van der Waals surface area contributed by atoms with E-state index in [-0.39, 0.29) is 10.5 Å². The zero-order valence-electron chi connectivity index (χ0n) is 13.5. The average molecular weight is 342 g/mol. The largest absolute Gasteiger partial charge is 0.322 e. The minimum Gasteiger partial charge on any atom is -0.322 e. The first-order valence-corrected chi connectivity index (χ1v) is 9.13. The summed E-state index contributed by atoms with van der Waals surface area (Å²) in [5, 5.41) is 0.849. The SMILES string of the molecule is CCc1ccc(S(=O)(=O)Nc2ccc3cc(C)c(=O)[nH]c3c2)cc1. The molecule has 0 amide bonds. The van der Waals surface area contributed by atoms with Gasteiger partial charge in [0.05, 0.1) is 16.1 Å². The number of pyridine rings is 1. The molecule has 0 aliphatic carbocycles. The molecule has 1 heterocycles. The Balaban J connectivity index is 1.95. The average Bonchev–Trinajstić information content (AvgIpc) is 2.56. The van der Waals surface area contributed by atoms with E-state index < -0.39 is 10.0 Å². The van der Waals surface area contributed by atoms with Crippen molar-refractivity contribution in [3.8, 4) is 0 Å². The molecule has 0 unspecified atom stereocenters. The van der Waals surface area contributed by atoms with Gasteiger partial charge >= 0.3 is 0 Å². The van der Waals surface area contributed by atoms with Gasteiger partial charge in [0.25, 0.3) is 15.6 Å². The number of benzene rings is 2. The fourth-order valence-corrected chi connectivity index (χ4v) is 3.54. The van der Waals surface area contributed by atoms with Crippen molar-refractivity contribution in [2.45, 2.75) is 25.2 Å². The summed E-state index contributed by atoms with van der Waals surface area (Å²) in [4.78, 5) is 14.7. The van der Waals surface area contributed by atoms with Crippen LogP contribution in [0.3, 0.4) is 0 Å². The van der Waals surface area contributed by atoms with E-state index in [1.807, 2.05) is 6.92 Å². The number of hydrogen-bond acceptors (Lipinski definition) is 3. The van der Waals surface area contributed by atoms with Gasteiger partial charge in [-0.2, -0.15) is 0 Å². The van der Waals surface area contributed by atoms with Crippen molar-refractivity contribution >= 4 is 26.6 Å². The summed E-state index contributed by atoms with van der Waals surface area (Å²) in [5.41, 5.74) is 2.51. The van der Waals surface area contributed by atoms with Gasteiger partial charge in [-0.25, -0.2) is 8.42 Å². The summed E-state index contributed by atoms with van der Waals surface area (Å²) in [6, 6.07) is 13.6. The van der Waals surface area contributed by atoms with E-state index in [2.05, 4.69) is 9.71 Å². The molecule has 2 N–H and O–H groups in total. The van der Waals surface area contributed by atoms with E-state index in [0.29, 0.717) is 16.8 Å². The molecule has 0 aliphatic rings. The number of sulfonamides is 1. The van der Waals surface area contributed by atoms with Crippen molar-refractivity contribution in [1.29, 1.82) is 0 Å². The quantitative estimate of drug-likeness (QED) is 0.764. The Morgan fingerprint density at radius 2 is 1.75 bits per heavy atom. The number of rotatable bonds is 4. The van der Waals surface area contributed by atoms with Crippen LogP contribution in [0.4, 0.5) is 5.69 Å². The van der Waals surface area contributed by atoms with Gasteiger partial charge in [-0.05, 0) is 54.6 Å². The van der Waals surface area contributed by atoms with Gasteiger partial charge in [0.15, 0.2) is 0 Å². The maximum atomic E-state index is 12.5. The number of fused-ring (bicyclic) bond motifs is 1. The summed E-state index contributed by atoms with van der Waals surface area (Å²) in [6.07, 6.45) is 0.852. The lowest BCUT2D eigenvalue weighted by Gasteiger charge is -2.10. The van der Waals surface area contributed by atoms with Gasteiger partial charge in [-0.3, -0.25) is 9.52 Å². The molecular weight excluding hydrogens is 324 g/mol. The van der Waals surface area contributed by atoms with Crippen LogP contribution in [0.5, 0.6) is 0 Å². The molecule has 0 aliphatic heterocycles. The molecule has 0 saturated carbocycles. The first-order chi connectivity index (χ1) is 11.4. The highest BCUT2D eigenvalue weighted by Gasteiger charge is 2.14. The van der Waals surface area contributed by atoms with Gasteiger partial charge in [0.2, 0.25) is 0 Å². The monoisotopic (exact) mass is 342 g/mol. The van der Waals surface area contributed by atoms with Crippen molar-refractivity contribution in [2.24, 2.45) is 0 Å². The Morgan fingerprint density at radius 1 is 1.04 bits per heavy atom. The zero-order chi connectivity index (χ0) is 17.3. The number of hydrogen-bond donors (Lipinski definition) is 2. The summed E-state index contributed by atoms with van der Waals surface area (Å²) < 4.78 is 27.5. The van der Waals surface area contributed by atoms with E-state index in [1.54, 1.807) is 55.5 Å². The van der Waals surface area contributed by atoms with Crippen LogP contribution >= 0.6 is 0 Å². The minimum atomic E-state index is -3.67. The lowest BCUT2D eigenvalue weighted by atomic mass is 10.1. The Kier molecular flexibility index (Phi) is 4.15. The van der Waals surface area contributed by atoms with Crippen LogP contribution in [0.25, 0.3) is 10.9 Å². The second-order valence-electron chi connectivity index (χ2n) is 5.69. The van der Waals surface area contributed by atoms with Crippen LogP contribution in [0.2, 0.25) is 0 Å². The molecule has 6 heteroatoms. The maximum Gasteiger partial charge on any atom is 0.261 e. The molecule has 3 aromatic rings. The van der Waals surface area contributed by atoms with Crippen LogP contribution < -0.4 is 10.3 Å². The first kappa shape index (κ1) is 16.3. The molecule has 5 nitrogen and oxygen atoms in total. The van der Waals surface area contributed by atoms with E-state index in [4.69, 9.17) is 0 Å². The Morgan fingerprint density at radius 3 is 2.42 bits per heavy atom. The molecule has 0 spiro atoms. The summed E-state index contributed by atoms with van der Waals surface area (Å²) >= 11 is 0. The predicted molar refractivity (Wildman–Crippen MR) is 95.9 cm³/mol. The number of aryl methyl sites for hydroxylation is 2. The van der Waals surface area contributed by atoms with E-state index >= 15 is 0 Å². The summed E-state index contributed by atoms with van der Waals surface area (Å²) in [6.45, 7) is 3.74. The second-order valence-corrected chi connectivity index (χ2v) is 7.37. The first-order valence-electron chi connectivity index (χ1n) is 7.64. The highest BCUT2D eigenvalue weighted by Crippen LogP contribution is 2.20. The number of aromatic nitrogens is 1. The van der Waals surface area contributed by atoms with Crippen molar-refractivity contribution < 1.29 is 8.42 Å². The zero-order valence-corrected chi connectivity index (χ0v) is 14.3. The van der Waals surface area contributed by atoms with Crippen molar-refractivity contribution in [3.05, 3.63) is 70.0 Å². The molecule has 3 rings (SSSR count). The molecule has 1 aromatic heterocycles. The molecule has 0 bridgehead atoms. The molecule has 0 atom stereocenters. The Bertz CT molecular complexity index is 1050. The number of anilines is 1. The predicted octanol–water partition coefficient (Wildman–Crippen LogP) is 3.20. The molecule has 124 valence electrons. The number of nitrogens with one attached hydrogen (secondary N) is 2. The highest BCUT2D eigenvalue weighted by molar-refractivity contribution is 7.92. The third kappa shape index (κ3) is 3.19.